The van der Waals surface area contributed by atoms with Crippen LogP contribution in [0.3, 0.4) is 0 Å². The van der Waals surface area contributed by atoms with Gasteiger partial charge in [-0.1, -0.05) is 97.1 Å². The van der Waals surface area contributed by atoms with Gasteiger partial charge in [-0.2, -0.15) is 0 Å². The molecule has 1 aliphatic rings. The number of piperazine rings is 1. The summed E-state index contributed by atoms with van der Waals surface area (Å²) in [6, 6.07) is 31.5. The maximum absolute atomic E-state index is 14.1. The molecule has 1 fully saturated rings. The minimum absolute atomic E-state index is 0.0136. The molecule has 0 radical (unpaired) electrons. The Labute approximate surface area is 298 Å². The van der Waals surface area contributed by atoms with Crippen LogP contribution in [0.1, 0.15) is 47.8 Å². The van der Waals surface area contributed by atoms with Crippen LogP contribution in [0.2, 0.25) is 0 Å². The van der Waals surface area contributed by atoms with Gasteiger partial charge in [0.15, 0.2) is 5.78 Å². The lowest BCUT2D eigenvalue weighted by atomic mass is 9.99. The first-order chi connectivity index (χ1) is 24.6. The summed E-state index contributed by atoms with van der Waals surface area (Å²) in [6.07, 6.45) is -1.19. The van der Waals surface area contributed by atoms with E-state index in [-0.39, 0.29) is 36.9 Å². The normalized spacial score (nSPS) is 13.5. The first-order valence-electron chi connectivity index (χ1n) is 16.9. The zero-order valence-electron chi connectivity index (χ0n) is 29.2. The number of hydrogen-bond acceptors (Lipinski definition) is 8. The fourth-order valence-electron chi connectivity index (χ4n) is 5.49. The van der Waals surface area contributed by atoms with E-state index in [1.54, 1.807) is 41.3 Å². The van der Waals surface area contributed by atoms with Crippen LogP contribution < -0.4 is 15.5 Å². The Balaban J connectivity index is 1.39. The summed E-state index contributed by atoms with van der Waals surface area (Å²) in [7, 11) is 0. The molecule has 0 unspecified atom stereocenters. The van der Waals surface area contributed by atoms with Crippen molar-refractivity contribution >= 4 is 35.3 Å². The predicted octanol–water partition coefficient (Wildman–Crippen LogP) is 6.43. The van der Waals surface area contributed by atoms with Gasteiger partial charge in [0.05, 0.1) is 24.6 Å². The Bertz CT molecular complexity index is 1770. The summed E-state index contributed by atoms with van der Waals surface area (Å²) in [5, 5.41) is 5.62. The molecule has 1 aliphatic heterocycles. The van der Waals surface area contributed by atoms with E-state index in [0.29, 0.717) is 37.4 Å². The van der Waals surface area contributed by atoms with Crippen LogP contribution in [-0.4, -0.2) is 73.2 Å². The molecular formula is C40H44N4O7. The Hall–Kier alpha value is -5.68. The van der Waals surface area contributed by atoms with E-state index in [9.17, 15) is 19.2 Å². The van der Waals surface area contributed by atoms with Crippen molar-refractivity contribution in [3.8, 4) is 0 Å². The van der Waals surface area contributed by atoms with Gasteiger partial charge in [-0.25, -0.2) is 9.59 Å². The van der Waals surface area contributed by atoms with Crippen molar-refractivity contribution in [2.45, 2.75) is 45.6 Å². The molecule has 1 heterocycles. The Morgan fingerprint density at radius 3 is 1.92 bits per heavy atom. The maximum Gasteiger partial charge on any atom is 0.410 e. The third-order valence-electron chi connectivity index (χ3n) is 8.06. The van der Waals surface area contributed by atoms with Crippen LogP contribution in [0.25, 0.3) is 0 Å². The van der Waals surface area contributed by atoms with Crippen molar-refractivity contribution in [2.24, 2.45) is 0 Å². The van der Waals surface area contributed by atoms with Gasteiger partial charge < -0.3 is 34.6 Å². The Morgan fingerprint density at radius 2 is 1.31 bits per heavy atom. The van der Waals surface area contributed by atoms with Crippen molar-refractivity contribution in [3.63, 3.8) is 0 Å². The molecule has 3 amide bonds. The molecule has 0 aliphatic carbocycles. The number of ketones is 1. The van der Waals surface area contributed by atoms with Crippen LogP contribution in [0.5, 0.6) is 0 Å². The monoisotopic (exact) mass is 692 g/mol. The molecular weight excluding hydrogens is 648 g/mol. The molecule has 11 heteroatoms. The lowest BCUT2D eigenvalue weighted by molar-refractivity contribution is -0.119. The SMILES string of the molecule is CC(C)(C)OC(=O)N1CCN(c2cccc(C(=O)c3ccccc3)c2NC(=O)[C@H](COCc2ccccc2)NC(=O)OCc2ccccc2)CC1. The van der Waals surface area contributed by atoms with E-state index in [1.807, 2.05) is 98.5 Å². The molecule has 0 saturated carbocycles. The molecule has 1 saturated heterocycles. The Kier molecular flexibility index (Phi) is 12.4. The third-order valence-corrected chi connectivity index (χ3v) is 8.06. The molecule has 11 nitrogen and oxygen atoms in total. The van der Waals surface area contributed by atoms with Crippen LogP contribution in [0, 0.1) is 0 Å². The number of nitrogens with one attached hydrogen (secondary N) is 2. The summed E-state index contributed by atoms with van der Waals surface area (Å²) < 4.78 is 16.9. The number of carbonyl (C=O) groups excluding carboxylic acids is 4. The topological polar surface area (TPSA) is 127 Å². The minimum Gasteiger partial charge on any atom is -0.445 e. The molecule has 4 aromatic carbocycles. The number of nitrogens with zero attached hydrogens (tertiary/aromatic N) is 2. The molecule has 0 spiro atoms. The van der Waals surface area contributed by atoms with Gasteiger partial charge in [-0.15, -0.1) is 0 Å². The molecule has 0 bridgehead atoms. The first-order valence-corrected chi connectivity index (χ1v) is 16.9. The molecule has 1 atom stereocenters. The van der Waals surface area contributed by atoms with Gasteiger partial charge in [0.25, 0.3) is 0 Å². The summed E-state index contributed by atoms with van der Waals surface area (Å²) in [4.78, 5) is 57.4. The average Bonchev–Trinajstić information content (AvgIpc) is 3.14. The average molecular weight is 693 g/mol. The highest BCUT2D eigenvalue weighted by atomic mass is 16.6. The van der Waals surface area contributed by atoms with Gasteiger partial charge in [-0.05, 0) is 44.0 Å². The second kappa shape index (κ2) is 17.3. The van der Waals surface area contributed by atoms with Crippen molar-refractivity contribution in [2.75, 3.05) is 43.0 Å². The van der Waals surface area contributed by atoms with Crippen LogP contribution in [0.4, 0.5) is 21.0 Å². The molecule has 0 aromatic heterocycles. The highest BCUT2D eigenvalue weighted by Gasteiger charge is 2.30. The molecule has 4 aromatic rings. The molecule has 2 N–H and O–H groups in total. The molecule has 266 valence electrons. The number of benzene rings is 4. The van der Waals surface area contributed by atoms with Crippen molar-refractivity contribution in [1.29, 1.82) is 0 Å². The highest BCUT2D eigenvalue weighted by molar-refractivity contribution is 6.16. The van der Waals surface area contributed by atoms with E-state index in [4.69, 9.17) is 14.2 Å². The van der Waals surface area contributed by atoms with E-state index < -0.39 is 29.7 Å². The number of hydrogen-bond donors (Lipinski definition) is 2. The zero-order chi connectivity index (χ0) is 36.2. The number of alkyl carbamates (subject to hydrolysis) is 1. The van der Waals surface area contributed by atoms with Crippen LogP contribution in [0.15, 0.2) is 109 Å². The van der Waals surface area contributed by atoms with Gasteiger partial charge in [0.2, 0.25) is 5.91 Å². The lowest BCUT2D eigenvalue weighted by Gasteiger charge is -2.37. The van der Waals surface area contributed by atoms with Gasteiger partial charge in [0, 0.05) is 37.3 Å². The number of anilines is 2. The fraction of sp³-hybridized carbons (Fsp3) is 0.300. The minimum atomic E-state index is -1.17. The second-order valence-corrected chi connectivity index (χ2v) is 13.1. The van der Waals surface area contributed by atoms with Crippen LogP contribution in [-0.2, 0) is 32.2 Å². The van der Waals surface area contributed by atoms with E-state index >= 15 is 0 Å². The van der Waals surface area contributed by atoms with Crippen molar-refractivity contribution in [3.05, 3.63) is 131 Å². The fourth-order valence-corrected chi connectivity index (χ4v) is 5.49. The van der Waals surface area contributed by atoms with Gasteiger partial charge in [0.1, 0.15) is 18.2 Å². The number of ether oxygens (including phenoxy) is 3. The van der Waals surface area contributed by atoms with E-state index in [1.165, 1.54) is 0 Å². The van der Waals surface area contributed by atoms with Gasteiger partial charge in [-0.3, -0.25) is 9.59 Å². The first kappa shape index (κ1) is 36.6. The summed E-state index contributed by atoms with van der Waals surface area (Å²) >= 11 is 0. The standard InChI is InChI=1S/C40H44N4O7/c1-40(2,3)51-39(48)44-24-22-43(23-25-44)34-21-13-20-32(36(45)31-18-11-6-12-19-31)35(34)42-37(46)33(28-49-26-29-14-7-4-8-15-29)41-38(47)50-27-30-16-9-5-10-17-30/h4-21,33H,22-28H2,1-3H3,(H,41,47)(H,42,46)/t33-/m0/s1. The summed E-state index contributed by atoms with van der Waals surface area (Å²) in [5.41, 5.74) is 2.68. The molecule has 5 rings (SSSR count). The summed E-state index contributed by atoms with van der Waals surface area (Å²) in [5.74, 6) is -0.881. The van der Waals surface area contributed by atoms with E-state index in [0.717, 1.165) is 11.1 Å². The largest absolute Gasteiger partial charge is 0.445 e. The molecule has 51 heavy (non-hydrogen) atoms. The number of rotatable bonds is 12. The number of amides is 3. The third kappa shape index (κ3) is 10.7. The second-order valence-electron chi connectivity index (χ2n) is 13.1. The highest BCUT2D eigenvalue weighted by Crippen LogP contribution is 2.33. The lowest BCUT2D eigenvalue weighted by Crippen LogP contribution is -2.50. The van der Waals surface area contributed by atoms with Crippen molar-refractivity contribution < 1.29 is 33.4 Å². The van der Waals surface area contributed by atoms with Crippen LogP contribution >= 0.6 is 0 Å². The Morgan fingerprint density at radius 1 is 0.725 bits per heavy atom. The van der Waals surface area contributed by atoms with E-state index in [2.05, 4.69) is 10.6 Å². The number of para-hydroxylation sites is 1. The maximum atomic E-state index is 14.1. The zero-order valence-corrected chi connectivity index (χ0v) is 29.2. The predicted molar refractivity (Wildman–Crippen MR) is 195 cm³/mol. The van der Waals surface area contributed by atoms with Gasteiger partial charge >= 0.3 is 12.2 Å². The summed E-state index contributed by atoms with van der Waals surface area (Å²) in [6.45, 7) is 7.14. The quantitative estimate of drug-likeness (QED) is 0.163. The van der Waals surface area contributed by atoms with Crippen molar-refractivity contribution in [1.82, 2.24) is 10.2 Å². The number of carbonyl (C=O) groups is 4. The smallest absolute Gasteiger partial charge is 0.410 e.